The number of nitrogens with one attached hydrogen (secondary N) is 2. The van der Waals surface area contributed by atoms with Gasteiger partial charge in [0.2, 0.25) is 5.91 Å². The maximum absolute atomic E-state index is 11.8. The number of hydrogen-bond donors (Lipinski definition) is 3. The van der Waals surface area contributed by atoms with Gasteiger partial charge >= 0.3 is 5.97 Å². The summed E-state index contributed by atoms with van der Waals surface area (Å²) >= 11 is 0. The Morgan fingerprint density at radius 2 is 2.17 bits per heavy atom. The molecule has 6 nitrogen and oxygen atoms in total. The second-order valence-electron chi connectivity index (χ2n) is 4.95. The zero-order chi connectivity index (χ0) is 13.0. The van der Waals surface area contributed by atoms with E-state index in [9.17, 15) is 9.59 Å². The number of carboxylic acid groups (broad SMARTS) is 1. The Labute approximate surface area is 106 Å². The number of piperidine rings is 1. The summed E-state index contributed by atoms with van der Waals surface area (Å²) in [6.45, 7) is 2.13. The third kappa shape index (κ3) is 3.43. The molecule has 6 heteroatoms. The summed E-state index contributed by atoms with van der Waals surface area (Å²) in [6, 6.07) is 0. The van der Waals surface area contributed by atoms with E-state index in [-0.39, 0.29) is 17.9 Å². The fourth-order valence-electron chi connectivity index (χ4n) is 2.47. The van der Waals surface area contributed by atoms with Crippen molar-refractivity contribution in [3.05, 3.63) is 0 Å². The van der Waals surface area contributed by atoms with Crippen molar-refractivity contribution in [1.29, 1.82) is 0 Å². The van der Waals surface area contributed by atoms with E-state index >= 15 is 0 Å². The number of hydrogen-bond acceptors (Lipinski definition) is 4. The molecule has 2 saturated heterocycles. The van der Waals surface area contributed by atoms with Crippen LogP contribution in [0.4, 0.5) is 0 Å². The molecule has 2 heterocycles. The largest absolute Gasteiger partial charge is 0.479 e. The van der Waals surface area contributed by atoms with Crippen molar-refractivity contribution in [1.82, 2.24) is 10.6 Å². The van der Waals surface area contributed by atoms with E-state index in [0.29, 0.717) is 19.4 Å². The van der Waals surface area contributed by atoms with Crippen molar-refractivity contribution >= 4 is 11.9 Å². The number of carbonyl (C=O) groups excluding carboxylic acids is 1. The average Bonchev–Trinajstić information content (AvgIpc) is 2.86. The summed E-state index contributed by atoms with van der Waals surface area (Å²) in [7, 11) is 0. The molecule has 2 aliphatic rings. The minimum absolute atomic E-state index is 0.0374. The van der Waals surface area contributed by atoms with E-state index < -0.39 is 12.1 Å². The second kappa shape index (κ2) is 6.15. The van der Waals surface area contributed by atoms with Crippen molar-refractivity contribution < 1.29 is 19.4 Å². The first-order chi connectivity index (χ1) is 8.66. The first kappa shape index (κ1) is 13.3. The minimum atomic E-state index is -0.916. The Morgan fingerprint density at radius 3 is 2.78 bits per heavy atom. The fraction of sp³-hybridized carbons (Fsp3) is 0.833. The van der Waals surface area contributed by atoms with E-state index in [0.717, 1.165) is 25.9 Å². The van der Waals surface area contributed by atoms with Crippen molar-refractivity contribution in [2.24, 2.45) is 5.92 Å². The summed E-state index contributed by atoms with van der Waals surface area (Å²) in [5.41, 5.74) is 0. The zero-order valence-corrected chi connectivity index (χ0v) is 10.4. The standard InChI is InChI=1S/C12H20N2O4/c15-11(8-2-1-5-13-6-8)14-7-9-3-4-10(18-9)12(16)17/h8-10,13H,1-7H2,(H,14,15)(H,16,17)/t8-,9?,10?/m0/s1. The Morgan fingerprint density at radius 1 is 1.33 bits per heavy atom. The fourth-order valence-corrected chi connectivity index (χ4v) is 2.47. The van der Waals surface area contributed by atoms with Crippen LogP contribution in [0.3, 0.4) is 0 Å². The molecule has 1 amide bonds. The first-order valence-corrected chi connectivity index (χ1v) is 6.53. The molecule has 0 aliphatic carbocycles. The van der Waals surface area contributed by atoms with Gasteiger partial charge in [0.05, 0.1) is 12.0 Å². The quantitative estimate of drug-likeness (QED) is 0.644. The Balaban J connectivity index is 1.68. The molecule has 0 aromatic carbocycles. The summed E-state index contributed by atoms with van der Waals surface area (Å²) in [6.07, 6.45) is 2.30. The molecule has 2 rings (SSSR count). The summed E-state index contributed by atoms with van der Waals surface area (Å²) in [5.74, 6) is -0.833. The van der Waals surface area contributed by atoms with Crippen LogP contribution in [-0.4, -0.2) is 48.8 Å². The zero-order valence-electron chi connectivity index (χ0n) is 10.4. The molecule has 2 aliphatic heterocycles. The highest BCUT2D eigenvalue weighted by molar-refractivity contribution is 5.79. The topological polar surface area (TPSA) is 87.7 Å². The van der Waals surface area contributed by atoms with Gasteiger partial charge in [0.15, 0.2) is 6.10 Å². The molecule has 0 radical (unpaired) electrons. The molecule has 18 heavy (non-hydrogen) atoms. The average molecular weight is 256 g/mol. The number of amides is 1. The van der Waals surface area contributed by atoms with Crippen LogP contribution in [0.2, 0.25) is 0 Å². The van der Waals surface area contributed by atoms with Crippen LogP contribution in [0.15, 0.2) is 0 Å². The number of carbonyl (C=O) groups is 2. The highest BCUT2D eigenvalue weighted by atomic mass is 16.5. The van der Waals surface area contributed by atoms with Crippen molar-refractivity contribution in [3.8, 4) is 0 Å². The van der Waals surface area contributed by atoms with Gasteiger partial charge in [0.25, 0.3) is 0 Å². The number of ether oxygens (including phenoxy) is 1. The van der Waals surface area contributed by atoms with Gasteiger partial charge in [-0.2, -0.15) is 0 Å². The van der Waals surface area contributed by atoms with Crippen LogP contribution < -0.4 is 10.6 Å². The second-order valence-corrected chi connectivity index (χ2v) is 4.95. The van der Waals surface area contributed by atoms with E-state index in [1.54, 1.807) is 0 Å². The molecule has 2 fully saturated rings. The summed E-state index contributed by atoms with van der Waals surface area (Å²) < 4.78 is 5.33. The van der Waals surface area contributed by atoms with Crippen LogP contribution in [0.5, 0.6) is 0 Å². The van der Waals surface area contributed by atoms with E-state index in [1.165, 1.54) is 0 Å². The van der Waals surface area contributed by atoms with Gasteiger partial charge < -0.3 is 20.5 Å². The molecular weight excluding hydrogens is 236 g/mol. The molecule has 3 atom stereocenters. The maximum Gasteiger partial charge on any atom is 0.332 e. The summed E-state index contributed by atoms with van der Waals surface area (Å²) in [4.78, 5) is 22.6. The van der Waals surface area contributed by atoms with Gasteiger partial charge in [-0.3, -0.25) is 4.79 Å². The number of rotatable bonds is 4. The lowest BCUT2D eigenvalue weighted by Crippen LogP contribution is -2.42. The molecule has 0 bridgehead atoms. The highest BCUT2D eigenvalue weighted by Gasteiger charge is 2.31. The molecule has 0 spiro atoms. The SMILES string of the molecule is O=C(O)C1CCC(CNC(=O)[C@H]2CCCNC2)O1. The van der Waals surface area contributed by atoms with Crippen LogP contribution in [-0.2, 0) is 14.3 Å². The predicted octanol–water partition coefficient (Wildman–Crippen LogP) is -0.266. The minimum Gasteiger partial charge on any atom is -0.479 e. The van der Waals surface area contributed by atoms with Crippen molar-refractivity contribution in [2.75, 3.05) is 19.6 Å². The lowest BCUT2D eigenvalue weighted by Gasteiger charge is -2.22. The molecular formula is C12H20N2O4. The lowest BCUT2D eigenvalue weighted by molar-refractivity contribution is -0.149. The van der Waals surface area contributed by atoms with Crippen LogP contribution in [0.1, 0.15) is 25.7 Å². The normalized spacial score (nSPS) is 32.1. The van der Waals surface area contributed by atoms with Crippen LogP contribution in [0.25, 0.3) is 0 Å². The van der Waals surface area contributed by atoms with Crippen LogP contribution in [0, 0.1) is 5.92 Å². The van der Waals surface area contributed by atoms with Gasteiger partial charge in [0.1, 0.15) is 0 Å². The first-order valence-electron chi connectivity index (χ1n) is 6.53. The molecule has 0 aromatic rings. The van der Waals surface area contributed by atoms with Gasteiger partial charge in [-0.15, -0.1) is 0 Å². The Kier molecular flexibility index (Phi) is 4.54. The van der Waals surface area contributed by atoms with Gasteiger partial charge in [-0.25, -0.2) is 4.79 Å². The lowest BCUT2D eigenvalue weighted by atomic mass is 9.99. The van der Waals surface area contributed by atoms with Crippen molar-refractivity contribution in [2.45, 2.75) is 37.9 Å². The van der Waals surface area contributed by atoms with Crippen molar-refractivity contribution in [3.63, 3.8) is 0 Å². The molecule has 2 unspecified atom stereocenters. The van der Waals surface area contributed by atoms with E-state index in [1.807, 2.05) is 0 Å². The molecule has 0 saturated carbocycles. The molecule has 0 aromatic heterocycles. The highest BCUT2D eigenvalue weighted by Crippen LogP contribution is 2.19. The molecule has 102 valence electrons. The predicted molar refractivity (Wildman–Crippen MR) is 64.1 cm³/mol. The van der Waals surface area contributed by atoms with Gasteiger partial charge in [-0.05, 0) is 32.2 Å². The van der Waals surface area contributed by atoms with Crippen LogP contribution >= 0.6 is 0 Å². The smallest absolute Gasteiger partial charge is 0.332 e. The molecule has 3 N–H and O–H groups in total. The number of carboxylic acids is 1. The van der Waals surface area contributed by atoms with E-state index in [2.05, 4.69) is 10.6 Å². The number of aliphatic carboxylic acids is 1. The Bertz CT molecular complexity index is 315. The van der Waals surface area contributed by atoms with Gasteiger partial charge in [-0.1, -0.05) is 0 Å². The third-order valence-electron chi connectivity index (χ3n) is 3.55. The van der Waals surface area contributed by atoms with E-state index in [4.69, 9.17) is 9.84 Å². The maximum atomic E-state index is 11.8. The van der Waals surface area contributed by atoms with Gasteiger partial charge in [0, 0.05) is 13.1 Å². The third-order valence-corrected chi connectivity index (χ3v) is 3.55. The summed E-state index contributed by atoms with van der Waals surface area (Å²) in [5, 5.41) is 14.8. The Hall–Kier alpha value is -1.14. The monoisotopic (exact) mass is 256 g/mol.